The molecule has 3 heteroatoms. The molecule has 0 heterocycles. The maximum Gasteiger partial charge on any atom is 0.125 e. The van der Waals surface area contributed by atoms with E-state index < -0.39 is 0 Å². The van der Waals surface area contributed by atoms with Crippen molar-refractivity contribution in [1.29, 1.82) is 0 Å². The number of hydrogen-bond donors (Lipinski definition) is 2. The molecule has 1 unspecified atom stereocenters. The average molecular weight is 250 g/mol. The first-order chi connectivity index (χ1) is 8.54. The molecule has 0 aliphatic heterocycles. The van der Waals surface area contributed by atoms with Crippen LogP contribution in [0.3, 0.4) is 0 Å². The molecule has 0 fully saturated rings. The molecule has 3 N–H and O–H groups in total. The van der Waals surface area contributed by atoms with Gasteiger partial charge in [0.05, 0.1) is 7.11 Å². The molecule has 1 rings (SSSR count). The number of benzene rings is 1. The number of nitrogens with one attached hydrogen (secondary N) is 1. The zero-order valence-corrected chi connectivity index (χ0v) is 12.3. The number of hydrogen-bond acceptors (Lipinski definition) is 3. The first-order valence-corrected chi connectivity index (χ1v) is 6.63. The summed E-state index contributed by atoms with van der Waals surface area (Å²) in [4.78, 5) is 0. The monoisotopic (exact) mass is 250 g/mol. The predicted molar refractivity (Wildman–Crippen MR) is 78.5 cm³/mol. The Hall–Kier alpha value is -1.22. The number of anilines is 1. The van der Waals surface area contributed by atoms with Crippen LogP contribution in [0.25, 0.3) is 0 Å². The van der Waals surface area contributed by atoms with E-state index in [0.717, 1.165) is 25.3 Å². The Morgan fingerprint density at radius 1 is 1.28 bits per heavy atom. The molecule has 0 radical (unpaired) electrons. The molecular formula is C15H26N2O. The first kappa shape index (κ1) is 14.8. The minimum Gasteiger partial charge on any atom is -0.496 e. The molecule has 1 aromatic carbocycles. The molecule has 0 bridgehead atoms. The zero-order valence-electron chi connectivity index (χ0n) is 12.3. The highest BCUT2D eigenvalue weighted by Gasteiger charge is 2.11. The second-order valence-corrected chi connectivity index (χ2v) is 4.92. The van der Waals surface area contributed by atoms with Crippen molar-refractivity contribution < 1.29 is 4.74 Å². The lowest BCUT2D eigenvalue weighted by Crippen LogP contribution is -2.22. The standard InChI is InChI=1S/C15H26N2O/c1-6-13(8-16)9-17-14-7-10(2)15(18-5)12(4)11(14)3/h7,13,17H,6,8-9,16H2,1-5H3. The fraction of sp³-hybridized carbons (Fsp3) is 0.600. The maximum absolute atomic E-state index is 5.73. The SMILES string of the molecule is CCC(CN)CNc1cc(C)c(OC)c(C)c1C. The lowest BCUT2D eigenvalue weighted by Gasteiger charge is -2.19. The lowest BCUT2D eigenvalue weighted by molar-refractivity contribution is 0.408. The van der Waals surface area contributed by atoms with Crippen LogP contribution in [0.5, 0.6) is 5.75 Å². The normalized spacial score (nSPS) is 12.3. The highest BCUT2D eigenvalue weighted by Crippen LogP contribution is 2.31. The predicted octanol–water partition coefficient (Wildman–Crippen LogP) is 3.02. The van der Waals surface area contributed by atoms with E-state index in [9.17, 15) is 0 Å². The van der Waals surface area contributed by atoms with E-state index >= 15 is 0 Å². The quantitative estimate of drug-likeness (QED) is 0.816. The molecule has 0 spiro atoms. The fourth-order valence-corrected chi connectivity index (χ4v) is 2.20. The van der Waals surface area contributed by atoms with E-state index in [4.69, 9.17) is 10.5 Å². The molecule has 102 valence electrons. The molecule has 0 aromatic heterocycles. The second-order valence-electron chi connectivity index (χ2n) is 4.92. The molecule has 0 amide bonds. The van der Waals surface area contributed by atoms with E-state index in [-0.39, 0.29) is 0 Å². The summed E-state index contributed by atoms with van der Waals surface area (Å²) in [6.45, 7) is 10.2. The summed E-state index contributed by atoms with van der Waals surface area (Å²) in [5.41, 5.74) is 10.6. The summed E-state index contributed by atoms with van der Waals surface area (Å²) in [6.07, 6.45) is 1.11. The van der Waals surface area contributed by atoms with Gasteiger partial charge in [-0.1, -0.05) is 13.3 Å². The highest BCUT2D eigenvalue weighted by molar-refractivity contribution is 5.61. The molecule has 0 saturated carbocycles. The summed E-state index contributed by atoms with van der Waals surface area (Å²) < 4.78 is 5.43. The van der Waals surface area contributed by atoms with E-state index in [1.54, 1.807) is 7.11 Å². The Balaban J connectivity index is 2.90. The van der Waals surface area contributed by atoms with Gasteiger partial charge in [0, 0.05) is 12.2 Å². The smallest absolute Gasteiger partial charge is 0.125 e. The summed E-state index contributed by atoms with van der Waals surface area (Å²) in [6, 6.07) is 2.16. The summed E-state index contributed by atoms with van der Waals surface area (Å²) in [5, 5.41) is 3.51. The van der Waals surface area contributed by atoms with Crippen LogP contribution >= 0.6 is 0 Å². The third kappa shape index (κ3) is 3.16. The van der Waals surface area contributed by atoms with Gasteiger partial charge in [-0.2, -0.15) is 0 Å². The van der Waals surface area contributed by atoms with Gasteiger partial charge in [-0.05, 0) is 56.0 Å². The van der Waals surface area contributed by atoms with Crippen molar-refractivity contribution in [3.63, 3.8) is 0 Å². The summed E-state index contributed by atoms with van der Waals surface area (Å²) in [5.74, 6) is 1.52. The Bertz CT molecular complexity index is 398. The van der Waals surface area contributed by atoms with Gasteiger partial charge in [-0.25, -0.2) is 0 Å². The third-order valence-electron chi connectivity index (χ3n) is 3.72. The molecule has 0 saturated heterocycles. The molecular weight excluding hydrogens is 224 g/mol. The molecule has 0 aliphatic carbocycles. The fourth-order valence-electron chi connectivity index (χ4n) is 2.20. The van der Waals surface area contributed by atoms with Crippen molar-refractivity contribution in [1.82, 2.24) is 0 Å². The van der Waals surface area contributed by atoms with E-state index in [0.29, 0.717) is 5.92 Å². The minimum atomic E-state index is 0.534. The van der Waals surface area contributed by atoms with Crippen LogP contribution in [0.4, 0.5) is 5.69 Å². The topological polar surface area (TPSA) is 47.3 Å². The van der Waals surface area contributed by atoms with Gasteiger partial charge in [0.2, 0.25) is 0 Å². The van der Waals surface area contributed by atoms with Crippen LogP contribution in [-0.4, -0.2) is 20.2 Å². The Kier molecular flexibility index (Phi) is 5.48. The van der Waals surface area contributed by atoms with Crippen molar-refractivity contribution >= 4 is 5.69 Å². The van der Waals surface area contributed by atoms with E-state index in [2.05, 4.69) is 39.1 Å². The number of methoxy groups -OCH3 is 1. The van der Waals surface area contributed by atoms with Gasteiger partial charge in [0.1, 0.15) is 5.75 Å². The van der Waals surface area contributed by atoms with Gasteiger partial charge in [-0.3, -0.25) is 0 Å². The number of ether oxygens (including phenoxy) is 1. The second kappa shape index (κ2) is 6.64. The first-order valence-electron chi connectivity index (χ1n) is 6.63. The van der Waals surface area contributed by atoms with Crippen LogP contribution in [0.2, 0.25) is 0 Å². The Morgan fingerprint density at radius 3 is 2.44 bits per heavy atom. The van der Waals surface area contributed by atoms with Gasteiger partial charge in [0.25, 0.3) is 0 Å². The summed E-state index contributed by atoms with van der Waals surface area (Å²) >= 11 is 0. The van der Waals surface area contributed by atoms with Gasteiger partial charge in [0.15, 0.2) is 0 Å². The van der Waals surface area contributed by atoms with Crippen LogP contribution in [0, 0.1) is 26.7 Å². The maximum atomic E-state index is 5.73. The minimum absolute atomic E-state index is 0.534. The molecule has 1 atom stereocenters. The molecule has 1 aromatic rings. The van der Waals surface area contributed by atoms with E-state index in [1.165, 1.54) is 22.4 Å². The van der Waals surface area contributed by atoms with Crippen LogP contribution in [0.1, 0.15) is 30.0 Å². The number of rotatable bonds is 6. The Labute approximate surface area is 111 Å². The van der Waals surface area contributed by atoms with E-state index in [1.807, 2.05) is 0 Å². The van der Waals surface area contributed by atoms with Crippen molar-refractivity contribution in [2.45, 2.75) is 34.1 Å². The Morgan fingerprint density at radius 2 is 1.94 bits per heavy atom. The average Bonchev–Trinajstić information content (AvgIpc) is 2.37. The van der Waals surface area contributed by atoms with Crippen LogP contribution in [0.15, 0.2) is 6.07 Å². The summed E-state index contributed by atoms with van der Waals surface area (Å²) in [7, 11) is 1.73. The van der Waals surface area contributed by atoms with Gasteiger partial charge >= 0.3 is 0 Å². The highest BCUT2D eigenvalue weighted by atomic mass is 16.5. The number of nitrogens with two attached hydrogens (primary N) is 1. The largest absolute Gasteiger partial charge is 0.496 e. The van der Waals surface area contributed by atoms with Gasteiger partial charge in [-0.15, -0.1) is 0 Å². The van der Waals surface area contributed by atoms with Crippen molar-refractivity contribution in [2.75, 3.05) is 25.5 Å². The van der Waals surface area contributed by atoms with Crippen molar-refractivity contribution in [2.24, 2.45) is 11.7 Å². The lowest BCUT2D eigenvalue weighted by atomic mass is 10.0. The van der Waals surface area contributed by atoms with Gasteiger partial charge < -0.3 is 15.8 Å². The van der Waals surface area contributed by atoms with Crippen LogP contribution in [-0.2, 0) is 0 Å². The van der Waals surface area contributed by atoms with Crippen molar-refractivity contribution in [3.05, 3.63) is 22.8 Å². The number of aryl methyl sites for hydroxylation is 1. The zero-order chi connectivity index (χ0) is 13.7. The molecule has 0 aliphatic rings. The molecule has 18 heavy (non-hydrogen) atoms. The van der Waals surface area contributed by atoms with Crippen LogP contribution < -0.4 is 15.8 Å². The van der Waals surface area contributed by atoms with Crippen molar-refractivity contribution in [3.8, 4) is 5.75 Å². The third-order valence-corrected chi connectivity index (χ3v) is 3.72. The molecule has 3 nitrogen and oxygen atoms in total.